The van der Waals surface area contributed by atoms with Crippen LogP contribution in [0.1, 0.15) is 6.42 Å². The lowest BCUT2D eigenvalue weighted by Gasteiger charge is -2.00. The fraction of sp³-hybridized carbons (Fsp3) is 0.167. The van der Waals surface area contributed by atoms with Crippen LogP contribution in [0.5, 0.6) is 0 Å². The average molecular weight is 249 g/mol. The van der Waals surface area contributed by atoms with Crippen LogP contribution < -0.4 is 10.6 Å². The first-order chi connectivity index (χ1) is 8.20. The Morgan fingerprint density at radius 2 is 2.18 bits per heavy atom. The first kappa shape index (κ1) is 11.7. The number of carbonyl (C=O) groups excluding carboxylic acids is 1. The zero-order chi connectivity index (χ0) is 12.3. The van der Waals surface area contributed by atoms with Gasteiger partial charge in [0, 0.05) is 16.8 Å². The second-order valence-corrected chi connectivity index (χ2v) is 4.81. The Morgan fingerprint density at radius 3 is 2.94 bits per heavy atom. The third-order valence-electron chi connectivity index (χ3n) is 2.32. The van der Waals surface area contributed by atoms with Gasteiger partial charge in [-0.25, -0.2) is 4.21 Å². The molecule has 1 aromatic rings. The molecule has 0 saturated carbocycles. The van der Waals surface area contributed by atoms with Gasteiger partial charge in [0.15, 0.2) is 0 Å². The molecule has 0 aliphatic carbocycles. The molecular weight excluding hydrogens is 238 g/mol. The predicted octanol–water partition coefficient (Wildman–Crippen LogP) is 0.211. The van der Waals surface area contributed by atoms with E-state index in [0.717, 1.165) is 10.6 Å². The molecule has 0 amide bonds. The van der Waals surface area contributed by atoms with Gasteiger partial charge in [-0.05, 0) is 6.07 Å². The minimum absolute atomic E-state index is 0.00288. The van der Waals surface area contributed by atoms with Crippen LogP contribution in [0.3, 0.4) is 0 Å². The molecule has 1 aliphatic rings. The van der Waals surface area contributed by atoms with Crippen molar-refractivity contribution in [3.63, 3.8) is 0 Å². The van der Waals surface area contributed by atoms with Crippen molar-refractivity contribution < 1.29 is 13.7 Å². The van der Waals surface area contributed by atoms with Crippen LogP contribution in [0, 0.1) is 0 Å². The van der Waals surface area contributed by atoms with Crippen molar-refractivity contribution in [1.29, 1.82) is 0 Å². The molecule has 2 rings (SSSR count). The van der Waals surface area contributed by atoms with E-state index >= 15 is 0 Å². The van der Waals surface area contributed by atoms with Gasteiger partial charge in [-0.3, -0.25) is 9.79 Å². The van der Waals surface area contributed by atoms with Gasteiger partial charge in [-0.1, -0.05) is 18.2 Å². The van der Waals surface area contributed by atoms with Crippen molar-refractivity contribution in [2.75, 3.05) is 7.11 Å². The van der Waals surface area contributed by atoms with E-state index in [2.05, 4.69) is 9.73 Å². The van der Waals surface area contributed by atoms with Gasteiger partial charge < -0.3 is 4.74 Å². The Morgan fingerprint density at radius 1 is 1.41 bits per heavy atom. The third kappa shape index (κ3) is 2.68. The number of rotatable bonds is 2. The maximum Gasteiger partial charge on any atom is 0.310 e. The second-order valence-electron chi connectivity index (χ2n) is 3.45. The van der Waals surface area contributed by atoms with Crippen LogP contribution in [0.2, 0.25) is 0 Å². The van der Waals surface area contributed by atoms with Gasteiger partial charge >= 0.3 is 5.97 Å². The van der Waals surface area contributed by atoms with Gasteiger partial charge in [-0.15, -0.1) is 0 Å². The lowest BCUT2D eigenvalue weighted by molar-refractivity contribution is -0.139. The summed E-state index contributed by atoms with van der Waals surface area (Å²) in [5.41, 5.74) is 0. The van der Waals surface area contributed by atoms with Gasteiger partial charge in [0.05, 0.1) is 34.6 Å². The number of nitrogens with zero attached hydrogens (tertiary/aromatic N) is 1. The van der Waals surface area contributed by atoms with E-state index in [-0.39, 0.29) is 6.42 Å². The Balaban J connectivity index is 2.42. The zero-order valence-corrected chi connectivity index (χ0v) is 10.1. The SMILES string of the molecule is COC(=O)CC1=CN=c2ccccc2=CS1=O. The zero-order valence-electron chi connectivity index (χ0n) is 9.25. The summed E-state index contributed by atoms with van der Waals surface area (Å²) < 4.78 is 16.5. The number of hydrogen-bond donors (Lipinski definition) is 0. The molecule has 0 bridgehead atoms. The van der Waals surface area contributed by atoms with Crippen LogP contribution in [-0.2, 0) is 20.3 Å². The maximum absolute atomic E-state index is 11.9. The van der Waals surface area contributed by atoms with E-state index in [0.29, 0.717) is 4.91 Å². The van der Waals surface area contributed by atoms with Crippen molar-refractivity contribution >= 4 is 22.2 Å². The molecule has 5 heteroatoms. The first-order valence-corrected chi connectivity index (χ1v) is 6.23. The molecule has 1 unspecified atom stereocenters. The van der Waals surface area contributed by atoms with E-state index in [1.165, 1.54) is 13.3 Å². The molecule has 0 spiro atoms. The highest BCUT2D eigenvalue weighted by Gasteiger charge is 2.12. The summed E-state index contributed by atoms with van der Waals surface area (Å²) in [5.74, 6) is -0.417. The summed E-state index contributed by atoms with van der Waals surface area (Å²) in [6.07, 6.45) is 1.48. The number of hydrogen-bond acceptors (Lipinski definition) is 4. The summed E-state index contributed by atoms with van der Waals surface area (Å²) in [6.45, 7) is 0. The number of ether oxygens (including phenoxy) is 1. The Hall–Kier alpha value is -1.75. The molecule has 1 aliphatic heterocycles. The molecule has 88 valence electrons. The fourth-order valence-corrected chi connectivity index (χ4v) is 2.42. The molecule has 1 heterocycles. The Kier molecular flexibility index (Phi) is 3.49. The van der Waals surface area contributed by atoms with E-state index in [9.17, 15) is 9.00 Å². The first-order valence-electron chi connectivity index (χ1n) is 5.02. The molecule has 0 N–H and O–H groups in total. The molecule has 1 aromatic carbocycles. The summed E-state index contributed by atoms with van der Waals surface area (Å²) in [5, 5.41) is 3.16. The van der Waals surface area contributed by atoms with Crippen molar-refractivity contribution in [2.45, 2.75) is 6.42 Å². The van der Waals surface area contributed by atoms with Gasteiger partial charge in [0.2, 0.25) is 0 Å². The summed E-state index contributed by atoms with van der Waals surface area (Å²) in [7, 11) is -0.0337. The van der Waals surface area contributed by atoms with E-state index in [1.807, 2.05) is 24.3 Å². The smallest absolute Gasteiger partial charge is 0.310 e. The van der Waals surface area contributed by atoms with E-state index < -0.39 is 16.8 Å². The number of methoxy groups -OCH3 is 1. The Bertz CT molecular complexity index is 619. The molecule has 0 saturated heterocycles. The second kappa shape index (κ2) is 5.05. The highest BCUT2D eigenvalue weighted by Crippen LogP contribution is 2.11. The molecule has 1 atom stereocenters. The summed E-state index contributed by atoms with van der Waals surface area (Å²) in [6, 6.07) is 7.39. The number of carbonyl (C=O) groups is 1. The number of fused-ring (bicyclic) bond motifs is 1. The average Bonchev–Trinajstić information content (AvgIpc) is 2.49. The van der Waals surface area contributed by atoms with Crippen molar-refractivity contribution in [3.05, 3.63) is 45.9 Å². The number of esters is 1. The van der Waals surface area contributed by atoms with Crippen LogP contribution in [0.25, 0.3) is 5.41 Å². The van der Waals surface area contributed by atoms with Crippen molar-refractivity contribution in [3.8, 4) is 0 Å². The van der Waals surface area contributed by atoms with Crippen LogP contribution in [0.4, 0.5) is 0 Å². The Labute approximate surface area is 101 Å². The van der Waals surface area contributed by atoms with Crippen LogP contribution in [0.15, 0.2) is 40.4 Å². The molecule has 0 radical (unpaired) electrons. The highest BCUT2D eigenvalue weighted by molar-refractivity contribution is 7.96. The van der Waals surface area contributed by atoms with Gasteiger partial charge in [-0.2, -0.15) is 0 Å². The van der Waals surface area contributed by atoms with Crippen molar-refractivity contribution in [2.24, 2.45) is 4.99 Å². The topological polar surface area (TPSA) is 55.7 Å². The monoisotopic (exact) mass is 249 g/mol. The standard InChI is InChI=1S/C12H11NO3S/c1-16-12(14)6-10-7-13-11-5-3-2-4-9(11)8-17(10)15/h2-5,7-8H,6H2,1H3. The predicted molar refractivity (Wildman–Crippen MR) is 64.5 cm³/mol. The molecular formula is C12H11NO3S. The summed E-state index contributed by atoms with van der Waals surface area (Å²) in [4.78, 5) is 15.8. The third-order valence-corrected chi connectivity index (χ3v) is 3.56. The minimum atomic E-state index is -1.34. The minimum Gasteiger partial charge on any atom is -0.469 e. The number of benzene rings is 1. The summed E-state index contributed by atoms with van der Waals surface area (Å²) >= 11 is 0. The normalized spacial score (nSPS) is 17.9. The molecule has 0 fully saturated rings. The lowest BCUT2D eigenvalue weighted by Crippen LogP contribution is -2.23. The molecule has 17 heavy (non-hydrogen) atoms. The quantitative estimate of drug-likeness (QED) is 0.704. The lowest BCUT2D eigenvalue weighted by atomic mass is 10.3. The van der Waals surface area contributed by atoms with E-state index in [4.69, 9.17) is 0 Å². The highest BCUT2D eigenvalue weighted by atomic mass is 32.2. The van der Waals surface area contributed by atoms with Gasteiger partial charge in [0.25, 0.3) is 0 Å². The van der Waals surface area contributed by atoms with Crippen molar-refractivity contribution in [1.82, 2.24) is 0 Å². The molecule has 0 aromatic heterocycles. The van der Waals surface area contributed by atoms with Gasteiger partial charge in [0.1, 0.15) is 0 Å². The number of para-hydroxylation sites is 1. The van der Waals surface area contributed by atoms with E-state index in [1.54, 1.807) is 5.41 Å². The van der Waals surface area contributed by atoms with Crippen LogP contribution >= 0.6 is 0 Å². The van der Waals surface area contributed by atoms with Crippen LogP contribution in [-0.4, -0.2) is 17.3 Å². The fourth-order valence-electron chi connectivity index (χ4n) is 1.42. The largest absolute Gasteiger partial charge is 0.469 e. The maximum atomic E-state index is 11.9. The molecule has 4 nitrogen and oxygen atoms in total.